The number of imidazole rings is 1. The van der Waals surface area contributed by atoms with Gasteiger partial charge in [0.2, 0.25) is 0 Å². The lowest BCUT2D eigenvalue weighted by atomic mass is 10.1. The number of aryl methyl sites for hydroxylation is 1. The van der Waals surface area contributed by atoms with Crippen molar-refractivity contribution in [2.75, 3.05) is 0 Å². The monoisotopic (exact) mass is 333 g/mol. The number of nitrogens with zero attached hydrogens (tertiary/aromatic N) is 4. The summed E-state index contributed by atoms with van der Waals surface area (Å²) in [6, 6.07) is 12.0. The summed E-state index contributed by atoms with van der Waals surface area (Å²) in [5.74, 6) is 0.808. The lowest BCUT2D eigenvalue weighted by Gasteiger charge is -2.03. The maximum Gasteiger partial charge on any atom is 0.130 e. The molecule has 5 nitrogen and oxygen atoms in total. The van der Waals surface area contributed by atoms with Crippen molar-refractivity contribution >= 4 is 28.8 Å². The van der Waals surface area contributed by atoms with Crippen molar-refractivity contribution in [1.29, 1.82) is 0 Å². The van der Waals surface area contributed by atoms with E-state index in [1.807, 2.05) is 62.4 Å². The van der Waals surface area contributed by atoms with Crippen LogP contribution in [0.25, 0.3) is 39.8 Å². The van der Waals surface area contributed by atoms with Gasteiger partial charge in [-0.05, 0) is 44.2 Å². The molecule has 0 amide bonds. The first-order valence-electron chi connectivity index (χ1n) is 7.64. The summed E-state index contributed by atoms with van der Waals surface area (Å²) in [6.45, 7) is 3.96. The molecule has 24 heavy (non-hydrogen) atoms. The molecule has 0 radical (unpaired) electrons. The van der Waals surface area contributed by atoms with Crippen LogP contribution in [-0.2, 0) is 0 Å². The number of pyridine rings is 1. The minimum absolute atomic E-state index is 0.808. The molecule has 1 N–H and O–H groups in total. The predicted octanol–water partition coefficient (Wildman–Crippen LogP) is 4.48. The number of allylic oxidation sites excluding steroid dienone is 1. The van der Waals surface area contributed by atoms with E-state index in [-0.39, 0.29) is 0 Å². The SMILES string of the molecule is C/C=C/c1nc(-c2ccc3nsnc3c2)c(-c2cccc(C)n2)[nH]1. The van der Waals surface area contributed by atoms with Crippen molar-refractivity contribution < 1.29 is 0 Å². The van der Waals surface area contributed by atoms with Gasteiger partial charge in [-0.2, -0.15) is 8.75 Å². The Labute approximate surface area is 143 Å². The average molecular weight is 333 g/mol. The van der Waals surface area contributed by atoms with Crippen molar-refractivity contribution in [3.05, 3.63) is 54.0 Å². The fraction of sp³-hybridized carbons (Fsp3) is 0.111. The van der Waals surface area contributed by atoms with E-state index >= 15 is 0 Å². The van der Waals surface area contributed by atoms with Crippen LogP contribution in [0.1, 0.15) is 18.4 Å². The molecule has 1 aromatic carbocycles. The molecule has 6 heteroatoms. The number of fused-ring (bicyclic) bond motifs is 1. The summed E-state index contributed by atoms with van der Waals surface area (Å²) in [5.41, 5.74) is 6.43. The first-order valence-corrected chi connectivity index (χ1v) is 8.37. The van der Waals surface area contributed by atoms with Crippen LogP contribution in [0.4, 0.5) is 0 Å². The molecule has 0 aliphatic rings. The molecule has 0 unspecified atom stereocenters. The smallest absolute Gasteiger partial charge is 0.130 e. The molecule has 0 atom stereocenters. The normalized spacial score (nSPS) is 11.6. The van der Waals surface area contributed by atoms with Gasteiger partial charge in [-0.3, -0.25) is 4.98 Å². The number of hydrogen-bond acceptors (Lipinski definition) is 5. The number of aromatic nitrogens is 5. The van der Waals surface area contributed by atoms with Crippen molar-refractivity contribution in [2.24, 2.45) is 0 Å². The maximum atomic E-state index is 4.74. The third-order valence-electron chi connectivity index (χ3n) is 3.72. The highest BCUT2D eigenvalue weighted by Gasteiger charge is 2.15. The van der Waals surface area contributed by atoms with Gasteiger partial charge in [-0.15, -0.1) is 0 Å². The van der Waals surface area contributed by atoms with Gasteiger partial charge in [0.25, 0.3) is 0 Å². The second-order valence-electron chi connectivity index (χ2n) is 5.48. The Hall–Kier alpha value is -2.86. The first kappa shape index (κ1) is 14.7. The molecular formula is C18H15N5S. The van der Waals surface area contributed by atoms with Crippen LogP contribution in [0.3, 0.4) is 0 Å². The molecule has 0 saturated heterocycles. The molecule has 0 fully saturated rings. The average Bonchev–Trinajstić information content (AvgIpc) is 3.21. The van der Waals surface area contributed by atoms with Gasteiger partial charge in [0.05, 0.1) is 28.8 Å². The van der Waals surface area contributed by atoms with E-state index in [1.165, 1.54) is 11.7 Å². The number of H-pyrrole nitrogens is 1. The van der Waals surface area contributed by atoms with E-state index in [0.29, 0.717) is 0 Å². The fourth-order valence-corrected chi connectivity index (χ4v) is 3.15. The second-order valence-corrected chi connectivity index (χ2v) is 6.01. The van der Waals surface area contributed by atoms with Gasteiger partial charge in [-0.25, -0.2) is 4.98 Å². The molecule has 0 spiro atoms. The Balaban J connectivity index is 1.92. The summed E-state index contributed by atoms with van der Waals surface area (Å²) in [7, 11) is 0. The van der Waals surface area contributed by atoms with Crippen LogP contribution in [0.15, 0.2) is 42.5 Å². The molecule has 3 aromatic heterocycles. The molecule has 0 bridgehead atoms. The van der Waals surface area contributed by atoms with Gasteiger partial charge in [0.15, 0.2) is 0 Å². The summed E-state index contributed by atoms with van der Waals surface area (Å²) >= 11 is 1.22. The van der Waals surface area contributed by atoms with E-state index in [2.05, 4.69) is 18.7 Å². The third kappa shape index (κ3) is 2.61. The molecule has 118 valence electrons. The van der Waals surface area contributed by atoms with Crippen LogP contribution in [0.5, 0.6) is 0 Å². The van der Waals surface area contributed by atoms with E-state index in [9.17, 15) is 0 Å². The zero-order chi connectivity index (χ0) is 16.5. The van der Waals surface area contributed by atoms with Crippen molar-refractivity contribution in [2.45, 2.75) is 13.8 Å². The minimum Gasteiger partial charge on any atom is -0.337 e. The van der Waals surface area contributed by atoms with Gasteiger partial charge in [0, 0.05) is 11.3 Å². The summed E-state index contributed by atoms with van der Waals surface area (Å²) in [4.78, 5) is 12.7. The highest BCUT2D eigenvalue weighted by atomic mass is 32.1. The number of nitrogens with one attached hydrogen (secondary N) is 1. The Morgan fingerprint density at radius 1 is 1.04 bits per heavy atom. The highest BCUT2D eigenvalue weighted by molar-refractivity contribution is 7.00. The largest absolute Gasteiger partial charge is 0.337 e. The Morgan fingerprint density at radius 3 is 2.75 bits per heavy atom. The van der Waals surface area contributed by atoms with Crippen molar-refractivity contribution in [3.8, 4) is 22.6 Å². The highest BCUT2D eigenvalue weighted by Crippen LogP contribution is 2.31. The zero-order valence-corrected chi connectivity index (χ0v) is 14.1. The van der Waals surface area contributed by atoms with Gasteiger partial charge < -0.3 is 4.98 Å². The number of rotatable bonds is 3. The lowest BCUT2D eigenvalue weighted by molar-refractivity contribution is 1.18. The van der Waals surface area contributed by atoms with Crippen LogP contribution in [-0.4, -0.2) is 23.7 Å². The summed E-state index contributed by atoms with van der Waals surface area (Å²) < 4.78 is 8.59. The van der Waals surface area contributed by atoms with Gasteiger partial charge >= 0.3 is 0 Å². The maximum absolute atomic E-state index is 4.74. The molecule has 0 aliphatic heterocycles. The molecule has 4 aromatic rings. The lowest BCUT2D eigenvalue weighted by Crippen LogP contribution is -1.89. The molecule has 0 aliphatic carbocycles. The van der Waals surface area contributed by atoms with Crippen LogP contribution < -0.4 is 0 Å². The number of aromatic amines is 1. The van der Waals surface area contributed by atoms with E-state index in [4.69, 9.17) is 4.98 Å². The zero-order valence-electron chi connectivity index (χ0n) is 13.3. The predicted molar refractivity (Wildman–Crippen MR) is 97.7 cm³/mol. The first-order chi connectivity index (χ1) is 11.7. The standard InChI is InChI=1S/C18H15N5S/c1-3-5-16-20-17(12-8-9-13-15(10-12)23-24-22-13)18(21-16)14-7-4-6-11(2)19-14/h3-10H,1-2H3,(H,20,21)/b5-3+. The fourth-order valence-electron chi connectivity index (χ4n) is 2.63. The topological polar surface area (TPSA) is 67.3 Å². The van der Waals surface area contributed by atoms with Gasteiger partial charge in [-0.1, -0.05) is 18.2 Å². The van der Waals surface area contributed by atoms with E-state index < -0.39 is 0 Å². The number of benzene rings is 1. The number of hydrogen-bond donors (Lipinski definition) is 1. The molecule has 4 rings (SSSR count). The summed E-state index contributed by atoms with van der Waals surface area (Å²) in [6.07, 6.45) is 3.91. The van der Waals surface area contributed by atoms with Crippen LogP contribution >= 0.6 is 11.7 Å². The van der Waals surface area contributed by atoms with E-state index in [0.717, 1.165) is 45.2 Å². The molecular weight excluding hydrogens is 318 g/mol. The Kier molecular flexibility index (Phi) is 3.66. The summed E-state index contributed by atoms with van der Waals surface area (Å²) in [5, 5.41) is 0. The third-order valence-corrected chi connectivity index (χ3v) is 4.28. The van der Waals surface area contributed by atoms with Crippen molar-refractivity contribution in [1.82, 2.24) is 23.7 Å². The van der Waals surface area contributed by atoms with Crippen LogP contribution in [0, 0.1) is 6.92 Å². The van der Waals surface area contributed by atoms with Gasteiger partial charge in [0.1, 0.15) is 16.9 Å². The molecule has 3 heterocycles. The second kappa shape index (κ2) is 5.98. The quantitative estimate of drug-likeness (QED) is 0.600. The van der Waals surface area contributed by atoms with Crippen molar-refractivity contribution in [3.63, 3.8) is 0 Å². The van der Waals surface area contributed by atoms with Crippen LogP contribution in [0.2, 0.25) is 0 Å². The Morgan fingerprint density at radius 2 is 1.92 bits per heavy atom. The van der Waals surface area contributed by atoms with E-state index in [1.54, 1.807) is 0 Å². The minimum atomic E-state index is 0.808. The molecule has 0 saturated carbocycles. The Bertz CT molecular complexity index is 1040.